The van der Waals surface area contributed by atoms with Gasteiger partial charge < -0.3 is 15.4 Å². The van der Waals surface area contributed by atoms with E-state index in [1.165, 1.54) is 0 Å². The van der Waals surface area contributed by atoms with Gasteiger partial charge in [-0.15, -0.1) is 5.10 Å². The quantitative estimate of drug-likeness (QED) is 0.740. The van der Waals surface area contributed by atoms with E-state index < -0.39 is 0 Å². The number of morpholine rings is 1. The maximum absolute atomic E-state index is 12.3. The minimum absolute atomic E-state index is 0.0965. The van der Waals surface area contributed by atoms with Crippen molar-refractivity contribution in [2.45, 2.75) is 25.6 Å². The number of amides is 1. The van der Waals surface area contributed by atoms with Crippen molar-refractivity contribution >= 4 is 5.91 Å². The van der Waals surface area contributed by atoms with Crippen molar-refractivity contribution < 1.29 is 9.53 Å². The van der Waals surface area contributed by atoms with Gasteiger partial charge in [0.2, 0.25) is 5.91 Å². The summed E-state index contributed by atoms with van der Waals surface area (Å²) in [6.07, 6.45) is 2.77. The standard InChI is InChI=1S/C13H22N6O2/c14-7-11-8-19(16-15-11)10-13(20)18-2-1-12(9-18)17-3-5-21-6-4-17/h8,12H,1-7,9-10,14H2. The molecule has 0 saturated carbocycles. The first-order valence-electron chi connectivity index (χ1n) is 7.45. The summed E-state index contributed by atoms with van der Waals surface area (Å²) in [5, 5.41) is 7.82. The minimum Gasteiger partial charge on any atom is -0.379 e. The van der Waals surface area contributed by atoms with Crippen molar-refractivity contribution in [1.29, 1.82) is 0 Å². The van der Waals surface area contributed by atoms with Gasteiger partial charge in [-0.25, -0.2) is 4.68 Å². The van der Waals surface area contributed by atoms with Gasteiger partial charge in [0.15, 0.2) is 0 Å². The predicted molar refractivity (Wildman–Crippen MR) is 75.3 cm³/mol. The zero-order valence-corrected chi connectivity index (χ0v) is 12.1. The van der Waals surface area contributed by atoms with Gasteiger partial charge >= 0.3 is 0 Å². The predicted octanol–water partition coefficient (Wildman–Crippen LogP) is -1.33. The Hall–Kier alpha value is -1.51. The molecule has 8 heteroatoms. The molecule has 0 spiro atoms. The van der Waals surface area contributed by atoms with Crippen LogP contribution in [0, 0.1) is 0 Å². The average molecular weight is 294 g/mol. The lowest BCUT2D eigenvalue weighted by atomic mass is 10.2. The number of carbonyl (C=O) groups is 1. The molecular formula is C13H22N6O2. The molecule has 2 saturated heterocycles. The van der Waals surface area contributed by atoms with Gasteiger partial charge in [0, 0.05) is 38.8 Å². The monoisotopic (exact) mass is 294 g/mol. The van der Waals surface area contributed by atoms with E-state index in [4.69, 9.17) is 10.5 Å². The molecule has 2 aliphatic heterocycles. The third-order valence-corrected chi connectivity index (χ3v) is 4.17. The normalized spacial score (nSPS) is 23.7. The molecule has 1 aromatic heterocycles. The smallest absolute Gasteiger partial charge is 0.244 e. The Morgan fingerprint density at radius 3 is 2.90 bits per heavy atom. The lowest BCUT2D eigenvalue weighted by Crippen LogP contribution is -2.45. The van der Waals surface area contributed by atoms with Gasteiger partial charge in [-0.3, -0.25) is 9.69 Å². The van der Waals surface area contributed by atoms with Crippen LogP contribution in [0.5, 0.6) is 0 Å². The molecule has 1 unspecified atom stereocenters. The van der Waals surface area contributed by atoms with Crippen LogP contribution in [0.4, 0.5) is 0 Å². The fourth-order valence-electron chi connectivity index (χ4n) is 2.96. The van der Waals surface area contributed by atoms with E-state index in [1.807, 2.05) is 4.90 Å². The molecule has 2 fully saturated rings. The SMILES string of the molecule is NCc1cn(CC(=O)N2CCC(N3CCOCC3)C2)nn1. The third kappa shape index (κ3) is 3.39. The van der Waals surface area contributed by atoms with E-state index in [2.05, 4.69) is 15.2 Å². The third-order valence-electron chi connectivity index (χ3n) is 4.17. The van der Waals surface area contributed by atoms with Crippen LogP contribution in [-0.2, 0) is 22.6 Å². The highest BCUT2D eigenvalue weighted by atomic mass is 16.5. The van der Waals surface area contributed by atoms with E-state index in [0.29, 0.717) is 18.3 Å². The van der Waals surface area contributed by atoms with E-state index in [9.17, 15) is 4.79 Å². The minimum atomic E-state index is 0.0965. The molecule has 116 valence electrons. The number of nitrogens with zero attached hydrogens (tertiary/aromatic N) is 5. The summed E-state index contributed by atoms with van der Waals surface area (Å²) in [7, 11) is 0. The fraction of sp³-hybridized carbons (Fsp3) is 0.769. The second-order valence-corrected chi connectivity index (χ2v) is 5.54. The topological polar surface area (TPSA) is 89.5 Å². The number of ether oxygens (including phenoxy) is 1. The molecule has 3 heterocycles. The Morgan fingerprint density at radius 1 is 1.38 bits per heavy atom. The van der Waals surface area contributed by atoms with Crippen molar-refractivity contribution in [3.05, 3.63) is 11.9 Å². The summed E-state index contributed by atoms with van der Waals surface area (Å²) in [5.41, 5.74) is 6.19. The molecule has 2 aliphatic rings. The van der Waals surface area contributed by atoms with Crippen LogP contribution in [0.2, 0.25) is 0 Å². The number of rotatable bonds is 4. The Bertz CT molecular complexity index is 485. The zero-order valence-electron chi connectivity index (χ0n) is 12.1. The van der Waals surface area contributed by atoms with E-state index in [0.717, 1.165) is 45.8 Å². The van der Waals surface area contributed by atoms with Crippen LogP contribution in [-0.4, -0.2) is 76.1 Å². The number of hydrogen-bond donors (Lipinski definition) is 1. The van der Waals surface area contributed by atoms with Crippen LogP contribution in [0.1, 0.15) is 12.1 Å². The van der Waals surface area contributed by atoms with Crippen molar-refractivity contribution in [3.8, 4) is 0 Å². The molecule has 1 aromatic rings. The number of likely N-dealkylation sites (tertiary alicyclic amines) is 1. The largest absolute Gasteiger partial charge is 0.379 e. The Labute approximate surface area is 123 Å². The highest BCUT2D eigenvalue weighted by molar-refractivity contribution is 5.76. The molecule has 1 amide bonds. The molecule has 0 aliphatic carbocycles. The van der Waals surface area contributed by atoms with Crippen LogP contribution in [0.3, 0.4) is 0 Å². The Morgan fingerprint density at radius 2 is 2.19 bits per heavy atom. The van der Waals surface area contributed by atoms with E-state index in [1.54, 1.807) is 10.9 Å². The van der Waals surface area contributed by atoms with Crippen LogP contribution in [0.25, 0.3) is 0 Å². The maximum Gasteiger partial charge on any atom is 0.244 e. The number of nitrogens with two attached hydrogens (primary N) is 1. The van der Waals surface area contributed by atoms with Gasteiger partial charge in [-0.05, 0) is 6.42 Å². The number of carbonyl (C=O) groups excluding carboxylic acids is 1. The molecule has 3 rings (SSSR count). The Balaban J connectivity index is 1.51. The summed E-state index contributed by atoms with van der Waals surface area (Å²) >= 11 is 0. The summed E-state index contributed by atoms with van der Waals surface area (Å²) in [6.45, 7) is 5.73. The molecular weight excluding hydrogens is 272 g/mol. The Kier molecular flexibility index (Phi) is 4.47. The number of aromatic nitrogens is 3. The van der Waals surface area contributed by atoms with Gasteiger partial charge in [-0.2, -0.15) is 0 Å². The van der Waals surface area contributed by atoms with Gasteiger partial charge in [0.05, 0.1) is 25.1 Å². The number of hydrogen-bond acceptors (Lipinski definition) is 6. The average Bonchev–Trinajstić information content (AvgIpc) is 3.17. The summed E-state index contributed by atoms with van der Waals surface area (Å²) < 4.78 is 6.94. The molecule has 0 aromatic carbocycles. The molecule has 1 atom stereocenters. The lowest BCUT2D eigenvalue weighted by molar-refractivity contribution is -0.131. The summed E-state index contributed by atoms with van der Waals surface area (Å²) in [5.74, 6) is 0.0965. The highest BCUT2D eigenvalue weighted by Gasteiger charge is 2.31. The van der Waals surface area contributed by atoms with Gasteiger partial charge in [-0.1, -0.05) is 5.21 Å². The lowest BCUT2D eigenvalue weighted by Gasteiger charge is -2.32. The van der Waals surface area contributed by atoms with E-state index in [-0.39, 0.29) is 12.5 Å². The van der Waals surface area contributed by atoms with Crippen molar-refractivity contribution in [3.63, 3.8) is 0 Å². The van der Waals surface area contributed by atoms with Crippen molar-refractivity contribution in [2.75, 3.05) is 39.4 Å². The fourth-order valence-corrected chi connectivity index (χ4v) is 2.96. The van der Waals surface area contributed by atoms with Gasteiger partial charge in [0.25, 0.3) is 0 Å². The summed E-state index contributed by atoms with van der Waals surface area (Å²) in [6, 6.07) is 0.466. The highest BCUT2D eigenvalue weighted by Crippen LogP contribution is 2.17. The first-order chi connectivity index (χ1) is 10.3. The molecule has 21 heavy (non-hydrogen) atoms. The first kappa shape index (κ1) is 14.4. The van der Waals surface area contributed by atoms with E-state index >= 15 is 0 Å². The van der Waals surface area contributed by atoms with Crippen LogP contribution in [0.15, 0.2) is 6.20 Å². The molecule has 0 radical (unpaired) electrons. The molecule has 0 bridgehead atoms. The zero-order chi connectivity index (χ0) is 14.7. The molecule has 2 N–H and O–H groups in total. The maximum atomic E-state index is 12.3. The van der Waals surface area contributed by atoms with Gasteiger partial charge in [0.1, 0.15) is 6.54 Å². The first-order valence-corrected chi connectivity index (χ1v) is 7.45. The second kappa shape index (κ2) is 6.50. The summed E-state index contributed by atoms with van der Waals surface area (Å²) in [4.78, 5) is 16.7. The molecule has 8 nitrogen and oxygen atoms in total. The van der Waals surface area contributed by atoms with Crippen LogP contribution >= 0.6 is 0 Å². The van der Waals surface area contributed by atoms with Crippen molar-refractivity contribution in [1.82, 2.24) is 24.8 Å². The second-order valence-electron chi connectivity index (χ2n) is 5.54. The van der Waals surface area contributed by atoms with Crippen molar-refractivity contribution in [2.24, 2.45) is 5.73 Å². The van der Waals surface area contributed by atoms with Crippen LogP contribution < -0.4 is 5.73 Å².